The number of carbonyl (C=O) groups excluding carboxylic acids is 1. The lowest BCUT2D eigenvalue weighted by Crippen LogP contribution is -2.28. The second kappa shape index (κ2) is 3.71. The lowest BCUT2D eigenvalue weighted by atomic mass is 10.0. The van der Waals surface area contributed by atoms with Crippen molar-refractivity contribution >= 4 is 16.7 Å². The molecule has 3 heteroatoms. The van der Waals surface area contributed by atoms with Crippen LogP contribution in [0.2, 0.25) is 0 Å². The molecule has 0 aromatic heterocycles. The summed E-state index contributed by atoms with van der Waals surface area (Å²) in [5.41, 5.74) is 11.6. The maximum absolute atomic E-state index is 10.9. The molecule has 0 heterocycles. The lowest BCUT2D eigenvalue weighted by Gasteiger charge is -2.08. The fourth-order valence-electron chi connectivity index (χ4n) is 1.57. The van der Waals surface area contributed by atoms with Crippen LogP contribution in [0.15, 0.2) is 42.5 Å². The summed E-state index contributed by atoms with van der Waals surface area (Å²) in [7, 11) is 0. The highest BCUT2D eigenvalue weighted by atomic mass is 16.1. The van der Waals surface area contributed by atoms with E-state index in [0.717, 1.165) is 16.3 Å². The monoisotopic (exact) mass is 200 g/mol. The molecular weight excluding hydrogens is 188 g/mol. The average Bonchev–Trinajstić information content (AvgIpc) is 2.27. The smallest absolute Gasteiger partial charge is 0.238 e. The van der Waals surface area contributed by atoms with Crippen molar-refractivity contribution < 1.29 is 4.79 Å². The first kappa shape index (κ1) is 9.68. The minimum atomic E-state index is -0.727. The van der Waals surface area contributed by atoms with E-state index in [1.54, 1.807) is 0 Å². The van der Waals surface area contributed by atoms with Crippen LogP contribution in [0.3, 0.4) is 0 Å². The predicted molar refractivity (Wildman–Crippen MR) is 60.1 cm³/mol. The van der Waals surface area contributed by atoms with Gasteiger partial charge in [-0.15, -0.1) is 0 Å². The maximum Gasteiger partial charge on any atom is 0.238 e. The van der Waals surface area contributed by atoms with E-state index in [1.165, 1.54) is 0 Å². The summed E-state index contributed by atoms with van der Waals surface area (Å²) in [6, 6.07) is 12.8. The van der Waals surface area contributed by atoms with Crippen LogP contribution in [-0.2, 0) is 4.79 Å². The second-order valence-corrected chi connectivity index (χ2v) is 3.49. The summed E-state index contributed by atoms with van der Waals surface area (Å²) in [5.74, 6) is -0.509. The molecule has 2 rings (SSSR count). The van der Waals surface area contributed by atoms with Crippen LogP contribution in [0.4, 0.5) is 0 Å². The maximum atomic E-state index is 10.9. The molecular formula is C12H12N2O. The van der Waals surface area contributed by atoms with Crippen LogP contribution in [0.5, 0.6) is 0 Å². The van der Waals surface area contributed by atoms with Crippen molar-refractivity contribution in [3.63, 3.8) is 0 Å². The Bertz CT molecular complexity index is 508. The molecule has 0 spiro atoms. The van der Waals surface area contributed by atoms with Crippen LogP contribution >= 0.6 is 0 Å². The first-order chi connectivity index (χ1) is 7.18. The van der Waals surface area contributed by atoms with E-state index in [2.05, 4.69) is 0 Å². The minimum Gasteiger partial charge on any atom is -0.368 e. The van der Waals surface area contributed by atoms with Gasteiger partial charge in [0.15, 0.2) is 0 Å². The van der Waals surface area contributed by atoms with Crippen molar-refractivity contribution in [2.24, 2.45) is 11.5 Å². The molecule has 0 fully saturated rings. The fraction of sp³-hybridized carbons (Fsp3) is 0.0833. The molecule has 3 nitrogen and oxygen atoms in total. The van der Waals surface area contributed by atoms with Gasteiger partial charge in [-0.3, -0.25) is 4.79 Å². The number of hydrogen-bond donors (Lipinski definition) is 2. The fourth-order valence-corrected chi connectivity index (χ4v) is 1.57. The van der Waals surface area contributed by atoms with E-state index in [0.29, 0.717) is 0 Å². The Kier molecular flexibility index (Phi) is 2.39. The van der Waals surface area contributed by atoms with Crippen molar-refractivity contribution in [2.75, 3.05) is 0 Å². The number of carbonyl (C=O) groups is 1. The Morgan fingerprint density at radius 2 is 1.73 bits per heavy atom. The Labute approximate surface area is 87.7 Å². The van der Waals surface area contributed by atoms with Gasteiger partial charge in [-0.25, -0.2) is 0 Å². The molecule has 15 heavy (non-hydrogen) atoms. The summed E-state index contributed by atoms with van der Waals surface area (Å²) in [4.78, 5) is 10.9. The standard InChI is InChI=1S/C12H12N2O/c13-11(12(14)15)10-6-5-8-3-1-2-4-9(8)7-10/h1-7,11H,13H2,(H2,14,15). The van der Waals surface area contributed by atoms with Crippen molar-refractivity contribution in [3.05, 3.63) is 48.0 Å². The van der Waals surface area contributed by atoms with Crippen LogP contribution in [-0.4, -0.2) is 5.91 Å². The van der Waals surface area contributed by atoms with Crippen LogP contribution < -0.4 is 11.5 Å². The van der Waals surface area contributed by atoms with Crippen LogP contribution in [0.1, 0.15) is 11.6 Å². The van der Waals surface area contributed by atoms with Crippen molar-refractivity contribution in [1.82, 2.24) is 0 Å². The largest absolute Gasteiger partial charge is 0.368 e. The Balaban J connectivity index is 2.51. The number of primary amides is 1. The van der Waals surface area contributed by atoms with Crippen molar-refractivity contribution in [3.8, 4) is 0 Å². The van der Waals surface area contributed by atoms with Gasteiger partial charge in [-0.05, 0) is 22.4 Å². The van der Waals surface area contributed by atoms with E-state index in [1.807, 2.05) is 42.5 Å². The summed E-state index contributed by atoms with van der Waals surface area (Å²) in [5, 5.41) is 2.18. The predicted octanol–water partition coefficient (Wildman–Crippen LogP) is 1.32. The molecule has 2 aromatic rings. The molecule has 0 aliphatic rings. The molecule has 0 aliphatic heterocycles. The second-order valence-electron chi connectivity index (χ2n) is 3.49. The average molecular weight is 200 g/mol. The van der Waals surface area contributed by atoms with E-state index in [9.17, 15) is 4.79 Å². The van der Waals surface area contributed by atoms with Crippen LogP contribution in [0, 0.1) is 0 Å². The van der Waals surface area contributed by atoms with Gasteiger partial charge in [-0.2, -0.15) is 0 Å². The van der Waals surface area contributed by atoms with Gasteiger partial charge >= 0.3 is 0 Å². The Morgan fingerprint density at radius 3 is 2.40 bits per heavy atom. The number of nitrogens with two attached hydrogens (primary N) is 2. The lowest BCUT2D eigenvalue weighted by molar-refractivity contribution is -0.119. The van der Waals surface area contributed by atoms with Gasteiger partial charge in [0.05, 0.1) is 0 Å². The van der Waals surface area contributed by atoms with Gasteiger partial charge in [0.25, 0.3) is 0 Å². The zero-order valence-corrected chi connectivity index (χ0v) is 8.18. The number of benzene rings is 2. The third-order valence-electron chi connectivity index (χ3n) is 2.44. The van der Waals surface area contributed by atoms with E-state index in [-0.39, 0.29) is 0 Å². The molecule has 0 radical (unpaired) electrons. The van der Waals surface area contributed by atoms with E-state index in [4.69, 9.17) is 11.5 Å². The van der Waals surface area contributed by atoms with Crippen LogP contribution in [0.25, 0.3) is 10.8 Å². The number of fused-ring (bicyclic) bond motifs is 1. The molecule has 4 N–H and O–H groups in total. The molecule has 0 aliphatic carbocycles. The zero-order chi connectivity index (χ0) is 10.8. The highest BCUT2D eigenvalue weighted by Crippen LogP contribution is 2.18. The first-order valence-electron chi connectivity index (χ1n) is 4.72. The van der Waals surface area contributed by atoms with E-state index >= 15 is 0 Å². The molecule has 0 saturated heterocycles. The normalized spacial score (nSPS) is 12.6. The number of hydrogen-bond acceptors (Lipinski definition) is 2. The van der Waals surface area contributed by atoms with Crippen molar-refractivity contribution in [1.29, 1.82) is 0 Å². The molecule has 2 aromatic carbocycles. The first-order valence-corrected chi connectivity index (χ1v) is 4.72. The molecule has 0 saturated carbocycles. The Morgan fingerprint density at radius 1 is 1.07 bits per heavy atom. The summed E-state index contributed by atoms with van der Waals surface area (Å²) >= 11 is 0. The van der Waals surface area contributed by atoms with Gasteiger partial charge in [0.2, 0.25) is 5.91 Å². The number of rotatable bonds is 2. The summed E-state index contributed by atoms with van der Waals surface area (Å²) in [6.45, 7) is 0. The molecule has 0 bridgehead atoms. The molecule has 1 atom stereocenters. The SMILES string of the molecule is NC(=O)C(N)c1ccc2ccccc2c1. The van der Waals surface area contributed by atoms with Gasteiger partial charge in [0, 0.05) is 0 Å². The van der Waals surface area contributed by atoms with Gasteiger partial charge in [0.1, 0.15) is 6.04 Å². The van der Waals surface area contributed by atoms with E-state index < -0.39 is 11.9 Å². The molecule has 1 amide bonds. The molecule has 1 unspecified atom stereocenters. The third-order valence-corrected chi connectivity index (χ3v) is 2.44. The minimum absolute atomic E-state index is 0.509. The Hall–Kier alpha value is -1.87. The highest BCUT2D eigenvalue weighted by molar-refractivity contribution is 5.86. The summed E-state index contributed by atoms with van der Waals surface area (Å²) < 4.78 is 0. The third kappa shape index (κ3) is 1.82. The molecule has 76 valence electrons. The highest BCUT2D eigenvalue weighted by Gasteiger charge is 2.11. The topological polar surface area (TPSA) is 69.1 Å². The van der Waals surface area contributed by atoms with Crippen molar-refractivity contribution in [2.45, 2.75) is 6.04 Å². The van der Waals surface area contributed by atoms with Gasteiger partial charge in [-0.1, -0.05) is 36.4 Å². The quantitative estimate of drug-likeness (QED) is 0.767. The summed E-state index contributed by atoms with van der Waals surface area (Å²) in [6.07, 6.45) is 0. The number of amides is 1. The van der Waals surface area contributed by atoms with Gasteiger partial charge < -0.3 is 11.5 Å². The zero-order valence-electron chi connectivity index (χ0n) is 8.18.